The Labute approximate surface area is 105 Å². The van der Waals surface area contributed by atoms with E-state index in [1.807, 2.05) is 45.0 Å². The van der Waals surface area contributed by atoms with E-state index in [1.54, 1.807) is 12.2 Å². The van der Waals surface area contributed by atoms with Gasteiger partial charge >= 0.3 is 0 Å². The fraction of sp³-hybridized carbons (Fsp3) is 0.308. The standard InChI is InChI=1S/C13H16BrNO/c1-13(2,3)15-12(16)9-8-10-6-4-5-7-11(10)14/h4-9H,1-3H3,(H,15,16)/b9-8-. The van der Waals surface area contributed by atoms with E-state index in [1.165, 1.54) is 0 Å². The highest BCUT2D eigenvalue weighted by molar-refractivity contribution is 9.10. The lowest BCUT2D eigenvalue weighted by Gasteiger charge is -2.18. The molecule has 0 spiro atoms. The molecule has 1 N–H and O–H groups in total. The minimum atomic E-state index is -0.199. The Kier molecular flexibility index (Phi) is 4.30. The maximum Gasteiger partial charge on any atom is 0.244 e. The number of hydrogen-bond acceptors (Lipinski definition) is 1. The van der Waals surface area contributed by atoms with E-state index in [4.69, 9.17) is 0 Å². The number of hydrogen-bond donors (Lipinski definition) is 1. The minimum absolute atomic E-state index is 0.0803. The lowest BCUT2D eigenvalue weighted by Crippen LogP contribution is -2.39. The minimum Gasteiger partial charge on any atom is -0.348 e. The maximum absolute atomic E-state index is 11.5. The van der Waals surface area contributed by atoms with Gasteiger partial charge in [0.1, 0.15) is 0 Å². The van der Waals surface area contributed by atoms with Crippen LogP contribution in [0, 0.1) is 0 Å². The van der Waals surface area contributed by atoms with Crippen LogP contribution in [0.5, 0.6) is 0 Å². The van der Waals surface area contributed by atoms with Gasteiger partial charge < -0.3 is 5.32 Å². The molecule has 2 nitrogen and oxygen atoms in total. The average molecular weight is 282 g/mol. The number of nitrogens with one attached hydrogen (secondary N) is 1. The first-order valence-electron chi connectivity index (χ1n) is 5.13. The molecular formula is C13H16BrNO. The summed E-state index contributed by atoms with van der Waals surface area (Å²) in [7, 11) is 0. The van der Waals surface area contributed by atoms with Crippen molar-refractivity contribution >= 4 is 27.9 Å². The number of rotatable bonds is 2. The molecule has 0 saturated heterocycles. The third kappa shape index (κ3) is 4.62. The molecule has 86 valence electrons. The van der Waals surface area contributed by atoms with Crippen LogP contribution >= 0.6 is 15.9 Å². The summed E-state index contributed by atoms with van der Waals surface area (Å²) in [5.74, 6) is -0.0803. The van der Waals surface area contributed by atoms with Gasteiger partial charge in [0.05, 0.1) is 0 Å². The molecule has 0 radical (unpaired) electrons. The summed E-state index contributed by atoms with van der Waals surface area (Å²) >= 11 is 3.42. The van der Waals surface area contributed by atoms with E-state index in [-0.39, 0.29) is 11.4 Å². The highest BCUT2D eigenvalue weighted by atomic mass is 79.9. The van der Waals surface area contributed by atoms with Crippen molar-refractivity contribution in [3.8, 4) is 0 Å². The van der Waals surface area contributed by atoms with Crippen molar-refractivity contribution in [1.82, 2.24) is 5.32 Å². The molecule has 0 heterocycles. The molecule has 0 aliphatic heterocycles. The van der Waals surface area contributed by atoms with Crippen molar-refractivity contribution in [2.24, 2.45) is 0 Å². The molecule has 0 aromatic heterocycles. The first kappa shape index (κ1) is 13.0. The lowest BCUT2D eigenvalue weighted by atomic mass is 10.1. The van der Waals surface area contributed by atoms with Gasteiger partial charge in [-0.25, -0.2) is 0 Å². The van der Waals surface area contributed by atoms with Gasteiger partial charge in [-0.2, -0.15) is 0 Å². The quantitative estimate of drug-likeness (QED) is 0.828. The monoisotopic (exact) mass is 281 g/mol. The molecule has 1 rings (SSSR count). The second kappa shape index (κ2) is 5.30. The zero-order chi connectivity index (χ0) is 12.2. The SMILES string of the molecule is CC(C)(C)NC(=O)/C=C\c1ccccc1Br. The molecule has 0 fully saturated rings. The predicted molar refractivity (Wildman–Crippen MR) is 71.1 cm³/mol. The van der Waals surface area contributed by atoms with Crippen LogP contribution in [-0.2, 0) is 4.79 Å². The fourth-order valence-electron chi connectivity index (χ4n) is 1.19. The molecule has 1 amide bonds. The van der Waals surface area contributed by atoms with Crippen LogP contribution in [0.25, 0.3) is 6.08 Å². The van der Waals surface area contributed by atoms with Gasteiger partial charge in [0.2, 0.25) is 5.91 Å². The van der Waals surface area contributed by atoms with Gasteiger partial charge in [-0.1, -0.05) is 34.1 Å². The van der Waals surface area contributed by atoms with E-state index in [0.717, 1.165) is 10.0 Å². The Balaban J connectivity index is 2.68. The van der Waals surface area contributed by atoms with E-state index in [9.17, 15) is 4.79 Å². The predicted octanol–water partition coefficient (Wildman–Crippen LogP) is 3.38. The maximum atomic E-state index is 11.5. The topological polar surface area (TPSA) is 29.1 Å². The highest BCUT2D eigenvalue weighted by Crippen LogP contribution is 2.16. The average Bonchev–Trinajstić information content (AvgIpc) is 2.14. The van der Waals surface area contributed by atoms with Crippen molar-refractivity contribution in [3.05, 3.63) is 40.4 Å². The highest BCUT2D eigenvalue weighted by Gasteiger charge is 2.11. The number of carbonyl (C=O) groups excluding carboxylic acids is 1. The second-order valence-corrected chi connectivity index (χ2v) is 5.45. The zero-order valence-electron chi connectivity index (χ0n) is 9.75. The summed E-state index contributed by atoms with van der Waals surface area (Å²) in [6, 6.07) is 7.77. The molecule has 0 aliphatic carbocycles. The summed E-state index contributed by atoms with van der Waals surface area (Å²) < 4.78 is 0.981. The Morgan fingerprint density at radius 1 is 1.31 bits per heavy atom. The van der Waals surface area contributed by atoms with Crippen LogP contribution in [0.15, 0.2) is 34.8 Å². The van der Waals surface area contributed by atoms with Crippen molar-refractivity contribution in [3.63, 3.8) is 0 Å². The molecule has 16 heavy (non-hydrogen) atoms. The van der Waals surface area contributed by atoms with Crippen LogP contribution in [0.1, 0.15) is 26.3 Å². The van der Waals surface area contributed by atoms with Gasteiger partial charge in [0.25, 0.3) is 0 Å². The molecular weight excluding hydrogens is 266 g/mol. The summed E-state index contributed by atoms with van der Waals surface area (Å²) in [6.07, 6.45) is 3.34. The van der Waals surface area contributed by atoms with Gasteiger partial charge in [-0.05, 0) is 38.5 Å². The Morgan fingerprint density at radius 3 is 2.50 bits per heavy atom. The van der Waals surface area contributed by atoms with Gasteiger partial charge in [-0.15, -0.1) is 0 Å². The molecule has 0 unspecified atom stereocenters. The van der Waals surface area contributed by atoms with Crippen LogP contribution < -0.4 is 5.32 Å². The van der Waals surface area contributed by atoms with Crippen LogP contribution in [0.3, 0.4) is 0 Å². The molecule has 1 aromatic carbocycles. The van der Waals surface area contributed by atoms with E-state index < -0.39 is 0 Å². The molecule has 0 atom stereocenters. The van der Waals surface area contributed by atoms with Crippen LogP contribution in [-0.4, -0.2) is 11.4 Å². The molecule has 1 aromatic rings. The van der Waals surface area contributed by atoms with Gasteiger partial charge in [0.15, 0.2) is 0 Å². The lowest BCUT2D eigenvalue weighted by molar-refractivity contribution is -0.117. The van der Waals surface area contributed by atoms with Crippen molar-refractivity contribution in [2.45, 2.75) is 26.3 Å². The van der Waals surface area contributed by atoms with Crippen molar-refractivity contribution in [2.75, 3.05) is 0 Å². The van der Waals surface area contributed by atoms with Gasteiger partial charge in [0, 0.05) is 16.1 Å². The first-order valence-corrected chi connectivity index (χ1v) is 5.92. The third-order valence-corrected chi connectivity index (χ3v) is 2.54. The number of benzene rings is 1. The summed E-state index contributed by atoms with van der Waals surface area (Å²) in [5, 5.41) is 2.87. The zero-order valence-corrected chi connectivity index (χ0v) is 11.3. The van der Waals surface area contributed by atoms with Gasteiger partial charge in [-0.3, -0.25) is 4.79 Å². The fourth-order valence-corrected chi connectivity index (χ4v) is 1.60. The van der Waals surface area contributed by atoms with Crippen LogP contribution in [0.4, 0.5) is 0 Å². The number of halogens is 1. The third-order valence-electron chi connectivity index (χ3n) is 1.82. The summed E-state index contributed by atoms with van der Waals surface area (Å²) in [5.41, 5.74) is 0.793. The van der Waals surface area contributed by atoms with Crippen LogP contribution in [0.2, 0.25) is 0 Å². The van der Waals surface area contributed by atoms with E-state index in [0.29, 0.717) is 0 Å². The molecule has 0 saturated carbocycles. The number of carbonyl (C=O) groups is 1. The molecule has 0 bridgehead atoms. The molecule has 3 heteroatoms. The number of amides is 1. The first-order chi connectivity index (χ1) is 7.38. The van der Waals surface area contributed by atoms with E-state index >= 15 is 0 Å². The normalized spacial score (nSPS) is 11.8. The Morgan fingerprint density at radius 2 is 1.94 bits per heavy atom. The second-order valence-electron chi connectivity index (χ2n) is 4.59. The van der Waals surface area contributed by atoms with Crippen molar-refractivity contribution in [1.29, 1.82) is 0 Å². The van der Waals surface area contributed by atoms with E-state index in [2.05, 4.69) is 21.2 Å². The largest absolute Gasteiger partial charge is 0.348 e. The van der Waals surface area contributed by atoms with Crippen molar-refractivity contribution < 1.29 is 4.79 Å². The summed E-state index contributed by atoms with van der Waals surface area (Å²) in [4.78, 5) is 11.5. The Hall–Kier alpha value is -1.09. The summed E-state index contributed by atoms with van der Waals surface area (Å²) in [6.45, 7) is 5.87. The smallest absolute Gasteiger partial charge is 0.244 e. The Bertz CT molecular complexity index is 405. The molecule has 0 aliphatic rings.